The Morgan fingerprint density at radius 1 is 1.07 bits per heavy atom. The third-order valence-electron chi connectivity index (χ3n) is 4.12. The number of rotatable bonds is 7. The van der Waals surface area contributed by atoms with E-state index in [1.54, 1.807) is 23.1 Å². The first-order valence-corrected chi connectivity index (χ1v) is 8.86. The molecule has 10 nitrogen and oxygen atoms in total. The van der Waals surface area contributed by atoms with E-state index in [1.807, 2.05) is 32.0 Å². The van der Waals surface area contributed by atoms with Crippen LogP contribution in [0, 0.1) is 10.1 Å². The van der Waals surface area contributed by atoms with Crippen molar-refractivity contribution in [3.8, 4) is 11.5 Å². The van der Waals surface area contributed by atoms with Crippen LogP contribution in [0.15, 0.2) is 58.5 Å². The highest BCUT2D eigenvalue weighted by molar-refractivity contribution is 6.05. The molecule has 0 unspecified atom stereocenters. The van der Waals surface area contributed by atoms with E-state index >= 15 is 0 Å². The van der Waals surface area contributed by atoms with Crippen molar-refractivity contribution in [2.75, 3.05) is 18.1 Å². The molecule has 2 aromatic rings. The summed E-state index contributed by atoms with van der Waals surface area (Å²) >= 11 is 0. The van der Waals surface area contributed by atoms with E-state index in [0.29, 0.717) is 11.5 Å². The monoisotopic (exact) mass is 398 g/mol. The smallest absolute Gasteiger partial charge is 0.273 e. The third-order valence-corrected chi connectivity index (χ3v) is 4.12. The zero-order chi connectivity index (χ0) is 21.0. The van der Waals surface area contributed by atoms with Gasteiger partial charge in [0.15, 0.2) is 0 Å². The van der Waals surface area contributed by atoms with Crippen LogP contribution >= 0.6 is 0 Å². The number of non-ortho nitro benzene ring substituents is 1. The van der Waals surface area contributed by atoms with E-state index < -0.39 is 10.6 Å². The number of guanidine groups is 2. The number of aliphatic imine (C=N–C) groups is 2. The van der Waals surface area contributed by atoms with E-state index in [0.717, 1.165) is 5.69 Å². The Bertz CT molecular complexity index is 973. The van der Waals surface area contributed by atoms with Crippen molar-refractivity contribution in [2.24, 2.45) is 21.5 Å². The quantitative estimate of drug-likeness (QED) is 0.414. The normalized spacial score (nSPS) is 15.3. The summed E-state index contributed by atoms with van der Waals surface area (Å²) in [6.45, 7) is 4.23. The van der Waals surface area contributed by atoms with Crippen LogP contribution < -0.4 is 25.8 Å². The standard InChI is InChI=1S/C19H22N6O4/c1-19(2)23-17(20)22-18(21)24(19)13-5-3-7-15(11-13)28-9-10-29-16-8-4-6-14(12-16)25(26)27/h3-8,11-12H,9-10H2,1-2H3,(H4,20,21,22,23). The average Bonchev–Trinajstić information content (AvgIpc) is 2.64. The number of anilines is 1. The van der Waals surface area contributed by atoms with Crippen LogP contribution in [0.4, 0.5) is 11.4 Å². The molecule has 0 amide bonds. The lowest BCUT2D eigenvalue weighted by atomic mass is 10.1. The Morgan fingerprint density at radius 3 is 2.31 bits per heavy atom. The number of nitrogens with two attached hydrogens (primary N) is 2. The lowest BCUT2D eigenvalue weighted by Gasteiger charge is -2.38. The molecule has 29 heavy (non-hydrogen) atoms. The van der Waals surface area contributed by atoms with Gasteiger partial charge in [0.05, 0.1) is 11.0 Å². The van der Waals surface area contributed by atoms with E-state index in [9.17, 15) is 10.1 Å². The van der Waals surface area contributed by atoms with Crippen molar-refractivity contribution >= 4 is 23.3 Å². The SMILES string of the molecule is CC1(C)N=C(N)N=C(N)N1c1cccc(OCCOc2cccc([N+](=O)[O-])c2)c1. The van der Waals surface area contributed by atoms with Crippen LogP contribution in [0.2, 0.25) is 0 Å². The topological polar surface area (TPSA) is 142 Å². The molecule has 1 aliphatic heterocycles. The van der Waals surface area contributed by atoms with E-state index in [4.69, 9.17) is 20.9 Å². The summed E-state index contributed by atoms with van der Waals surface area (Å²) in [5.74, 6) is 1.39. The molecule has 3 rings (SSSR count). The average molecular weight is 398 g/mol. The lowest BCUT2D eigenvalue weighted by molar-refractivity contribution is -0.384. The molecule has 0 aliphatic carbocycles. The van der Waals surface area contributed by atoms with Crippen molar-refractivity contribution in [1.82, 2.24) is 0 Å². The van der Waals surface area contributed by atoms with Gasteiger partial charge in [-0.05, 0) is 32.0 Å². The number of ether oxygens (including phenoxy) is 2. The maximum absolute atomic E-state index is 10.8. The van der Waals surface area contributed by atoms with Gasteiger partial charge < -0.3 is 20.9 Å². The summed E-state index contributed by atoms with van der Waals surface area (Å²) in [6, 6.07) is 13.3. The predicted molar refractivity (Wildman–Crippen MR) is 110 cm³/mol. The van der Waals surface area contributed by atoms with Gasteiger partial charge in [-0.25, -0.2) is 4.99 Å². The van der Waals surface area contributed by atoms with Crippen molar-refractivity contribution in [3.63, 3.8) is 0 Å². The Morgan fingerprint density at radius 2 is 1.69 bits per heavy atom. The van der Waals surface area contributed by atoms with E-state index in [1.165, 1.54) is 12.1 Å². The molecule has 0 atom stereocenters. The number of benzene rings is 2. The predicted octanol–water partition coefficient (Wildman–Crippen LogP) is 2.24. The molecule has 0 fully saturated rings. The minimum atomic E-state index is -0.695. The van der Waals surface area contributed by atoms with Crippen LogP contribution in [0.3, 0.4) is 0 Å². The van der Waals surface area contributed by atoms with Crippen LogP contribution in [-0.2, 0) is 0 Å². The molecule has 0 saturated carbocycles. The fraction of sp³-hybridized carbons (Fsp3) is 0.263. The van der Waals surface area contributed by atoms with Crippen LogP contribution in [-0.4, -0.2) is 35.7 Å². The molecule has 0 radical (unpaired) electrons. The van der Waals surface area contributed by atoms with Crippen LogP contribution in [0.25, 0.3) is 0 Å². The molecule has 0 bridgehead atoms. The molecule has 2 aromatic carbocycles. The first-order valence-electron chi connectivity index (χ1n) is 8.86. The van der Waals surface area contributed by atoms with Gasteiger partial charge in [-0.1, -0.05) is 12.1 Å². The van der Waals surface area contributed by atoms with E-state index in [2.05, 4.69) is 9.98 Å². The maximum atomic E-state index is 10.8. The summed E-state index contributed by atoms with van der Waals surface area (Å²) in [4.78, 5) is 20.5. The highest BCUT2D eigenvalue weighted by Gasteiger charge is 2.33. The number of nitrogens with zero attached hydrogens (tertiary/aromatic N) is 4. The Balaban J connectivity index is 1.62. The van der Waals surface area contributed by atoms with Gasteiger partial charge in [0.1, 0.15) is 30.4 Å². The molecule has 1 aliphatic rings. The zero-order valence-electron chi connectivity index (χ0n) is 16.1. The van der Waals surface area contributed by atoms with Gasteiger partial charge in [-0.2, -0.15) is 4.99 Å². The van der Waals surface area contributed by atoms with Gasteiger partial charge in [0, 0.05) is 17.8 Å². The second kappa shape index (κ2) is 8.05. The molecule has 152 valence electrons. The minimum Gasteiger partial charge on any atom is -0.490 e. The molecule has 0 saturated heterocycles. The highest BCUT2D eigenvalue weighted by Crippen LogP contribution is 2.30. The van der Waals surface area contributed by atoms with Gasteiger partial charge >= 0.3 is 0 Å². The van der Waals surface area contributed by atoms with Gasteiger partial charge in [0.2, 0.25) is 11.9 Å². The fourth-order valence-corrected chi connectivity index (χ4v) is 2.97. The minimum absolute atomic E-state index is 0.0252. The number of hydrogen-bond acceptors (Lipinski definition) is 9. The lowest BCUT2D eigenvalue weighted by Crippen LogP contribution is -2.54. The van der Waals surface area contributed by atoms with Gasteiger partial charge in [-0.15, -0.1) is 0 Å². The fourth-order valence-electron chi connectivity index (χ4n) is 2.97. The summed E-state index contributed by atoms with van der Waals surface area (Å²) in [7, 11) is 0. The largest absolute Gasteiger partial charge is 0.490 e. The number of nitro groups is 1. The van der Waals surface area contributed by atoms with Gasteiger partial charge in [0.25, 0.3) is 5.69 Å². The Hall–Kier alpha value is -3.82. The van der Waals surface area contributed by atoms with Crippen molar-refractivity contribution in [3.05, 3.63) is 58.6 Å². The van der Waals surface area contributed by atoms with Gasteiger partial charge in [-0.3, -0.25) is 15.0 Å². The number of hydrogen-bond donors (Lipinski definition) is 2. The summed E-state index contributed by atoms with van der Waals surface area (Å²) in [6.07, 6.45) is 0. The molecular formula is C19H22N6O4. The van der Waals surface area contributed by atoms with Crippen molar-refractivity contribution in [2.45, 2.75) is 19.5 Å². The zero-order valence-corrected chi connectivity index (χ0v) is 16.1. The second-order valence-electron chi connectivity index (χ2n) is 6.72. The molecule has 0 spiro atoms. The molecule has 0 aromatic heterocycles. The number of nitro benzene ring substituents is 1. The highest BCUT2D eigenvalue weighted by atomic mass is 16.6. The second-order valence-corrected chi connectivity index (χ2v) is 6.72. The molecule has 4 N–H and O–H groups in total. The Kier molecular flexibility index (Phi) is 5.53. The summed E-state index contributed by atoms with van der Waals surface area (Å²) < 4.78 is 11.3. The third kappa shape index (κ3) is 4.72. The van der Waals surface area contributed by atoms with Crippen LogP contribution in [0.5, 0.6) is 11.5 Å². The van der Waals surface area contributed by atoms with Crippen molar-refractivity contribution in [1.29, 1.82) is 0 Å². The molecule has 1 heterocycles. The first kappa shape index (κ1) is 19.9. The Labute approximate surface area is 167 Å². The molecule has 10 heteroatoms. The molecular weight excluding hydrogens is 376 g/mol. The van der Waals surface area contributed by atoms with Crippen LogP contribution in [0.1, 0.15) is 13.8 Å². The maximum Gasteiger partial charge on any atom is 0.273 e. The summed E-state index contributed by atoms with van der Waals surface area (Å²) in [5, 5.41) is 10.8. The summed E-state index contributed by atoms with van der Waals surface area (Å²) in [5.41, 5.74) is 11.8. The van der Waals surface area contributed by atoms with E-state index in [-0.39, 0.29) is 30.8 Å². The first-order chi connectivity index (χ1) is 13.8. The van der Waals surface area contributed by atoms with Crippen molar-refractivity contribution < 1.29 is 14.4 Å².